The van der Waals surface area contributed by atoms with Crippen molar-refractivity contribution in [2.24, 2.45) is 5.92 Å². The van der Waals surface area contributed by atoms with Crippen molar-refractivity contribution in [3.05, 3.63) is 4.88 Å². The smallest absolute Gasteiger partial charge is 0.265 e. The molecule has 0 spiro atoms. The van der Waals surface area contributed by atoms with Gasteiger partial charge in [-0.25, -0.2) is 4.98 Å². The number of amides is 1. The summed E-state index contributed by atoms with van der Waals surface area (Å²) < 4.78 is 0. The Morgan fingerprint density at radius 1 is 1.58 bits per heavy atom. The summed E-state index contributed by atoms with van der Waals surface area (Å²) in [5, 5.41) is 12.7. The first kappa shape index (κ1) is 15.7. The number of hydrogen-bond donors (Lipinski definition) is 3. The number of carbonyl (C=O) groups excluding carboxylic acids is 1. The Morgan fingerprint density at radius 3 is 2.68 bits per heavy atom. The van der Waals surface area contributed by atoms with Gasteiger partial charge < -0.3 is 21.1 Å². The highest BCUT2D eigenvalue weighted by atomic mass is 32.1. The summed E-state index contributed by atoms with van der Waals surface area (Å²) in [5.41, 5.74) is 5.78. The zero-order chi connectivity index (χ0) is 14.6. The highest BCUT2D eigenvalue weighted by Gasteiger charge is 2.21. The largest absolute Gasteiger partial charge is 0.394 e. The molecule has 4 N–H and O–H groups in total. The summed E-state index contributed by atoms with van der Waals surface area (Å²) >= 11 is 1.26. The lowest BCUT2D eigenvalue weighted by molar-refractivity contribution is 0.0901. The molecule has 0 saturated heterocycles. The summed E-state index contributed by atoms with van der Waals surface area (Å²) in [4.78, 5) is 18.6. The highest BCUT2D eigenvalue weighted by Crippen LogP contribution is 2.27. The van der Waals surface area contributed by atoms with Crippen LogP contribution in [0.15, 0.2) is 0 Å². The molecular formula is C12H22N4O2S. The topological polar surface area (TPSA) is 91.5 Å². The fourth-order valence-corrected chi connectivity index (χ4v) is 2.35. The maximum absolute atomic E-state index is 12.1. The van der Waals surface area contributed by atoms with Crippen LogP contribution < -0.4 is 16.0 Å². The van der Waals surface area contributed by atoms with Gasteiger partial charge in [0.15, 0.2) is 5.13 Å². The van der Waals surface area contributed by atoms with Gasteiger partial charge in [0.25, 0.3) is 5.91 Å². The molecule has 0 fully saturated rings. The van der Waals surface area contributed by atoms with Crippen molar-refractivity contribution in [1.29, 1.82) is 0 Å². The molecule has 0 bridgehead atoms. The molecule has 1 heterocycles. The molecule has 7 heteroatoms. The van der Waals surface area contributed by atoms with Crippen molar-refractivity contribution in [3.8, 4) is 0 Å². The molecule has 0 aliphatic heterocycles. The number of aliphatic hydroxyl groups is 1. The summed E-state index contributed by atoms with van der Waals surface area (Å²) in [6.45, 7) is 6.57. The van der Waals surface area contributed by atoms with Gasteiger partial charge in [0, 0.05) is 13.6 Å². The molecule has 0 saturated carbocycles. The molecule has 0 aliphatic carbocycles. The predicted octanol–water partition coefficient (Wildman–Crippen LogP) is 0.928. The number of hydrogen-bond acceptors (Lipinski definition) is 6. The lowest BCUT2D eigenvalue weighted by Gasteiger charge is -2.19. The first-order valence-electron chi connectivity index (χ1n) is 6.29. The summed E-state index contributed by atoms with van der Waals surface area (Å²) in [6.07, 6.45) is 0. The summed E-state index contributed by atoms with van der Waals surface area (Å²) in [6, 6.07) is -0.277. The van der Waals surface area contributed by atoms with E-state index in [9.17, 15) is 9.90 Å². The molecule has 1 amide bonds. The van der Waals surface area contributed by atoms with Crippen molar-refractivity contribution < 1.29 is 9.90 Å². The van der Waals surface area contributed by atoms with Crippen LogP contribution in [-0.4, -0.2) is 42.2 Å². The third-order valence-corrected chi connectivity index (χ3v) is 4.15. The van der Waals surface area contributed by atoms with Gasteiger partial charge in [0.2, 0.25) is 0 Å². The Morgan fingerprint density at radius 2 is 2.21 bits per heavy atom. The Labute approximate surface area is 117 Å². The van der Waals surface area contributed by atoms with Crippen molar-refractivity contribution in [1.82, 2.24) is 10.3 Å². The molecule has 108 valence electrons. The second-order valence-electron chi connectivity index (χ2n) is 4.73. The zero-order valence-corrected chi connectivity index (χ0v) is 12.6. The average molecular weight is 286 g/mol. The monoisotopic (exact) mass is 286 g/mol. The van der Waals surface area contributed by atoms with Crippen LogP contribution in [0, 0.1) is 5.92 Å². The Kier molecular flexibility index (Phi) is 5.56. The number of carbonyl (C=O) groups is 1. The van der Waals surface area contributed by atoms with E-state index in [-0.39, 0.29) is 30.3 Å². The maximum atomic E-state index is 12.1. The van der Waals surface area contributed by atoms with Crippen LogP contribution in [-0.2, 0) is 0 Å². The molecule has 1 aromatic heterocycles. The van der Waals surface area contributed by atoms with E-state index >= 15 is 0 Å². The number of aliphatic hydroxyl groups excluding tert-OH is 1. The Hall–Kier alpha value is -1.34. The van der Waals surface area contributed by atoms with Gasteiger partial charge in [0.1, 0.15) is 10.7 Å². The van der Waals surface area contributed by atoms with Gasteiger partial charge in [-0.1, -0.05) is 25.2 Å². The molecule has 1 rings (SSSR count). The first-order valence-corrected chi connectivity index (χ1v) is 7.11. The van der Waals surface area contributed by atoms with Crippen molar-refractivity contribution in [2.45, 2.75) is 26.8 Å². The SMILES string of the molecule is CCN(C)c1nc(N)c(C(=O)NC(CO)C(C)C)s1. The minimum Gasteiger partial charge on any atom is -0.394 e. The van der Waals surface area contributed by atoms with Crippen molar-refractivity contribution in [3.63, 3.8) is 0 Å². The summed E-state index contributed by atoms with van der Waals surface area (Å²) in [7, 11) is 1.89. The zero-order valence-electron chi connectivity index (χ0n) is 11.8. The van der Waals surface area contributed by atoms with E-state index in [1.807, 2.05) is 32.7 Å². The number of rotatable bonds is 6. The third-order valence-electron chi connectivity index (χ3n) is 2.97. The van der Waals surface area contributed by atoms with Gasteiger partial charge in [-0.05, 0) is 12.8 Å². The van der Waals surface area contributed by atoms with E-state index in [0.717, 1.165) is 11.7 Å². The lowest BCUT2D eigenvalue weighted by atomic mass is 10.1. The lowest BCUT2D eigenvalue weighted by Crippen LogP contribution is -2.41. The molecule has 6 nitrogen and oxygen atoms in total. The number of thiazole rings is 1. The number of nitrogens with one attached hydrogen (secondary N) is 1. The van der Waals surface area contributed by atoms with Crippen LogP contribution in [0.3, 0.4) is 0 Å². The number of nitrogen functional groups attached to an aromatic ring is 1. The molecule has 19 heavy (non-hydrogen) atoms. The van der Waals surface area contributed by atoms with E-state index in [0.29, 0.717) is 4.88 Å². The van der Waals surface area contributed by atoms with Crippen molar-refractivity contribution >= 4 is 28.2 Å². The predicted molar refractivity (Wildman–Crippen MR) is 78.6 cm³/mol. The molecule has 0 aromatic carbocycles. The van der Waals surface area contributed by atoms with Crippen LogP contribution in [0.2, 0.25) is 0 Å². The summed E-state index contributed by atoms with van der Waals surface area (Å²) in [5.74, 6) is 0.109. The van der Waals surface area contributed by atoms with Gasteiger partial charge in [0.05, 0.1) is 12.6 Å². The molecule has 1 aromatic rings. The normalized spacial score (nSPS) is 12.5. The average Bonchev–Trinajstić information content (AvgIpc) is 2.76. The van der Waals surface area contributed by atoms with E-state index < -0.39 is 0 Å². The maximum Gasteiger partial charge on any atom is 0.265 e. The standard InChI is InChI=1S/C12H22N4O2S/c1-5-16(4)12-15-10(13)9(19-12)11(18)14-8(6-17)7(2)3/h7-8,17H,5-6,13H2,1-4H3,(H,14,18). The third kappa shape index (κ3) is 3.81. The van der Waals surface area contributed by atoms with Crippen molar-refractivity contribution in [2.75, 3.05) is 30.8 Å². The van der Waals surface area contributed by atoms with E-state index in [2.05, 4.69) is 10.3 Å². The highest BCUT2D eigenvalue weighted by molar-refractivity contribution is 7.18. The molecule has 0 radical (unpaired) electrons. The van der Waals surface area contributed by atoms with E-state index in [1.54, 1.807) is 0 Å². The minimum absolute atomic E-state index is 0.0934. The molecule has 0 aliphatic rings. The molecule has 1 unspecified atom stereocenters. The minimum atomic E-state index is -0.279. The van der Waals surface area contributed by atoms with Gasteiger partial charge in [-0.15, -0.1) is 0 Å². The Bertz CT molecular complexity index is 433. The van der Waals surface area contributed by atoms with Gasteiger partial charge >= 0.3 is 0 Å². The fourth-order valence-electron chi connectivity index (χ4n) is 1.44. The quantitative estimate of drug-likeness (QED) is 0.723. The molecular weight excluding hydrogens is 264 g/mol. The number of nitrogens with zero attached hydrogens (tertiary/aromatic N) is 2. The number of aromatic nitrogens is 1. The number of anilines is 2. The Balaban J connectivity index is 2.85. The second kappa shape index (κ2) is 6.72. The van der Waals surface area contributed by atoms with Crippen LogP contribution >= 0.6 is 11.3 Å². The van der Waals surface area contributed by atoms with Gasteiger partial charge in [-0.2, -0.15) is 0 Å². The van der Waals surface area contributed by atoms with E-state index in [1.165, 1.54) is 11.3 Å². The van der Waals surface area contributed by atoms with Crippen LogP contribution in [0.5, 0.6) is 0 Å². The van der Waals surface area contributed by atoms with Gasteiger partial charge in [-0.3, -0.25) is 4.79 Å². The van der Waals surface area contributed by atoms with Crippen LogP contribution in [0.4, 0.5) is 10.9 Å². The van der Waals surface area contributed by atoms with Crippen LogP contribution in [0.1, 0.15) is 30.4 Å². The van der Waals surface area contributed by atoms with Crippen LogP contribution in [0.25, 0.3) is 0 Å². The second-order valence-corrected chi connectivity index (χ2v) is 5.71. The molecule has 1 atom stereocenters. The first-order chi connectivity index (χ1) is 8.90. The van der Waals surface area contributed by atoms with E-state index in [4.69, 9.17) is 5.73 Å². The number of nitrogens with two attached hydrogens (primary N) is 1. The fraction of sp³-hybridized carbons (Fsp3) is 0.667.